The number of hydrogen-bond donors (Lipinski definition) is 1. The molecule has 4 heteroatoms. The zero-order valence-electron chi connectivity index (χ0n) is 8.87. The molecule has 0 bridgehead atoms. The number of furan rings is 1. The lowest BCUT2D eigenvalue weighted by molar-refractivity contribution is -0.0990. The Hall–Kier alpha value is -0.840. The molecule has 0 aliphatic heterocycles. The number of nitrogens with one attached hydrogen (secondary N) is 1. The first-order chi connectivity index (χ1) is 6.77. The van der Waals surface area contributed by atoms with Gasteiger partial charge in [0.05, 0.1) is 12.8 Å². The molecule has 0 radical (unpaired) electrons. The molecule has 0 saturated heterocycles. The van der Waals surface area contributed by atoms with Crippen LogP contribution in [0.3, 0.4) is 0 Å². The van der Waals surface area contributed by atoms with Crippen molar-refractivity contribution in [2.24, 2.45) is 0 Å². The largest absolute Gasteiger partial charge is 0.468 e. The average Bonchev–Trinajstić information content (AvgIpc) is 2.59. The number of methoxy groups -OCH3 is 2. The highest BCUT2D eigenvalue weighted by Crippen LogP contribution is 2.07. The van der Waals surface area contributed by atoms with Gasteiger partial charge in [-0.2, -0.15) is 0 Å². The fraction of sp³-hybridized carbons (Fsp3) is 0.600. The minimum absolute atomic E-state index is 0.203. The third kappa shape index (κ3) is 3.14. The van der Waals surface area contributed by atoms with Gasteiger partial charge in [0.15, 0.2) is 6.29 Å². The van der Waals surface area contributed by atoms with Crippen LogP contribution in [0.1, 0.15) is 11.3 Å². The van der Waals surface area contributed by atoms with E-state index >= 15 is 0 Å². The molecular weight excluding hydrogens is 182 g/mol. The lowest BCUT2D eigenvalue weighted by Crippen LogP contribution is -2.29. The summed E-state index contributed by atoms with van der Waals surface area (Å²) in [5.74, 6) is 0.955. The van der Waals surface area contributed by atoms with Crippen LogP contribution in [0.4, 0.5) is 0 Å². The fourth-order valence-corrected chi connectivity index (χ4v) is 1.15. The molecule has 0 aliphatic carbocycles. The van der Waals surface area contributed by atoms with Crippen LogP contribution in [0.2, 0.25) is 0 Å². The van der Waals surface area contributed by atoms with Crippen LogP contribution in [-0.4, -0.2) is 27.1 Å². The molecule has 14 heavy (non-hydrogen) atoms. The van der Waals surface area contributed by atoms with Crippen LogP contribution >= 0.6 is 0 Å². The minimum atomic E-state index is -0.203. The Kier molecular flexibility index (Phi) is 4.65. The van der Waals surface area contributed by atoms with Gasteiger partial charge in [-0.15, -0.1) is 0 Å². The number of ether oxygens (including phenoxy) is 2. The monoisotopic (exact) mass is 199 g/mol. The number of aryl methyl sites for hydroxylation is 1. The lowest BCUT2D eigenvalue weighted by atomic mass is 10.3. The van der Waals surface area contributed by atoms with Crippen molar-refractivity contribution in [3.63, 3.8) is 0 Å². The van der Waals surface area contributed by atoms with Gasteiger partial charge in [0.1, 0.15) is 5.76 Å². The van der Waals surface area contributed by atoms with Crippen molar-refractivity contribution in [1.82, 2.24) is 5.32 Å². The molecule has 1 N–H and O–H groups in total. The standard InChI is InChI=1S/C10H17NO3/c1-8-4-5-14-9(8)6-11-7-10(12-2)13-3/h4-5,10-11H,6-7H2,1-3H3. The van der Waals surface area contributed by atoms with E-state index in [1.807, 2.05) is 13.0 Å². The van der Waals surface area contributed by atoms with Crippen molar-refractivity contribution in [2.45, 2.75) is 19.8 Å². The van der Waals surface area contributed by atoms with Crippen molar-refractivity contribution in [1.29, 1.82) is 0 Å². The predicted octanol–water partition coefficient (Wildman–Crippen LogP) is 1.30. The third-order valence-electron chi connectivity index (χ3n) is 2.09. The second kappa shape index (κ2) is 5.80. The van der Waals surface area contributed by atoms with Gasteiger partial charge in [-0.05, 0) is 18.6 Å². The van der Waals surface area contributed by atoms with Crippen LogP contribution < -0.4 is 5.32 Å². The van der Waals surface area contributed by atoms with Crippen LogP contribution in [0.5, 0.6) is 0 Å². The summed E-state index contributed by atoms with van der Waals surface area (Å²) < 4.78 is 15.3. The number of hydrogen-bond acceptors (Lipinski definition) is 4. The predicted molar refractivity (Wildman–Crippen MR) is 53.0 cm³/mol. The maximum absolute atomic E-state index is 5.27. The molecule has 1 rings (SSSR count). The van der Waals surface area contributed by atoms with E-state index in [4.69, 9.17) is 13.9 Å². The van der Waals surface area contributed by atoms with E-state index in [1.54, 1.807) is 20.5 Å². The van der Waals surface area contributed by atoms with E-state index in [2.05, 4.69) is 5.32 Å². The lowest BCUT2D eigenvalue weighted by Gasteiger charge is -2.13. The summed E-state index contributed by atoms with van der Waals surface area (Å²) in [6, 6.07) is 1.95. The topological polar surface area (TPSA) is 43.6 Å². The van der Waals surface area contributed by atoms with Crippen LogP contribution in [0, 0.1) is 6.92 Å². The average molecular weight is 199 g/mol. The third-order valence-corrected chi connectivity index (χ3v) is 2.09. The van der Waals surface area contributed by atoms with Gasteiger partial charge in [-0.25, -0.2) is 0 Å². The summed E-state index contributed by atoms with van der Waals surface area (Å²) in [6.45, 7) is 3.36. The molecule has 0 aromatic carbocycles. The first-order valence-corrected chi connectivity index (χ1v) is 4.57. The van der Waals surface area contributed by atoms with Crippen LogP contribution in [0.15, 0.2) is 16.7 Å². The fourth-order valence-electron chi connectivity index (χ4n) is 1.15. The zero-order valence-corrected chi connectivity index (χ0v) is 8.87. The summed E-state index contributed by atoms with van der Waals surface area (Å²) in [7, 11) is 3.24. The number of rotatable bonds is 6. The first kappa shape index (κ1) is 11.2. The molecule has 80 valence electrons. The van der Waals surface area contributed by atoms with E-state index in [0.29, 0.717) is 13.1 Å². The highest BCUT2D eigenvalue weighted by atomic mass is 16.7. The normalized spacial score (nSPS) is 11.1. The van der Waals surface area contributed by atoms with Crippen molar-refractivity contribution < 1.29 is 13.9 Å². The van der Waals surface area contributed by atoms with E-state index in [9.17, 15) is 0 Å². The second-order valence-electron chi connectivity index (χ2n) is 3.06. The maximum Gasteiger partial charge on any atom is 0.169 e. The van der Waals surface area contributed by atoms with Gasteiger partial charge < -0.3 is 19.2 Å². The van der Waals surface area contributed by atoms with Crippen molar-refractivity contribution in [3.05, 3.63) is 23.7 Å². The Morgan fingerprint density at radius 1 is 1.43 bits per heavy atom. The van der Waals surface area contributed by atoms with E-state index in [0.717, 1.165) is 11.3 Å². The summed E-state index contributed by atoms with van der Waals surface area (Å²) in [4.78, 5) is 0. The van der Waals surface area contributed by atoms with Crippen molar-refractivity contribution in [2.75, 3.05) is 20.8 Å². The van der Waals surface area contributed by atoms with Gasteiger partial charge >= 0.3 is 0 Å². The first-order valence-electron chi connectivity index (χ1n) is 4.57. The Bertz CT molecular complexity index is 256. The Morgan fingerprint density at radius 3 is 2.64 bits per heavy atom. The summed E-state index contributed by atoms with van der Waals surface area (Å²) >= 11 is 0. The molecule has 0 spiro atoms. The molecule has 0 atom stereocenters. The summed E-state index contributed by atoms with van der Waals surface area (Å²) in [5.41, 5.74) is 1.16. The minimum Gasteiger partial charge on any atom is -0.468 e. The van der Waals surface area contributed by atoms with E-state index < -0.39 is 0 Å². The van der Waals surface area contributed by atoms with Crippen LogP contribution in [-0.2, 0) is 16.0 Å². The highest BCUT2D eigenvalue weighted by molar-refractivity contribution is 5.13. The van der Waals surface area contributed by atoms with Gasteiger partial charge in [0.2, 0.25) is 0 Å². The SMILES string of the molecule is COC(CNCc1occc1C)OC. The highest BCUT2D eigenvalue weighted by Gasteiger charge is 2.05. The molecular formula is C10H17NO3. The molecule has 1 aromatic heterocycles. The Balaban J connectivity index is 2.24. The summed E-state index contributed by atoms with van der Waals surface area (Å²) in [5, 5.41) is 3.19. The summed E-state index contributed by atoms with van der Waals surface area (Å²) in [6.07, 6.45) is 1.49. The van der Waals surface area contributed by atoms with Gasteiger partial charge in [-0.3, -0.25) is 0 Å². The Morgan fingerprint density at radius 2 is 2.14 bits per heavy atom. The Labute approximate surface area is 84.2 Å². The quantitative estimate of drug-likeness (QED) is 0.701. The molecule has 0 amide bonds. The zero-order chi connectivity index (χ0) is 10.4. The van der Waals surface area contributed by atoms with E-state index in [1.165, 1.54) is 0 Å². The second-order valence-corrected chi connectivity index (χ2v) is 3.06. The van der Waals surface area contributed by atoms with Crippen molar-refractivity contribution in [3.8, 4) is 0 Å². The van der Waals surface area contributed by atoms with Crippen LogP contribution in [0.25, 0.3) is 0 Å². The van der Waals surface area contributed by atoms with Gasteiger partial charge in [0, 0.05) is 20.8 Å². The van der Waals surface area contributed by atoms with Gasteiger partial charge in [-0.1, -0.05) is 0 Å². The van der Waals surface area contributed by atoms with Crippen molar-refractivity contribution >= 4 is 0 Å². The molecule has 4 nitrogen and oxygen atoms in total. The molecule has 0 aliphatic rings. The molecule has 0 saturated carbocycles. The molecule has 0 unspecified atom stereocenters. The van der Waals surface area contributed by atoms with E-state index in [-0.39, 0.29) is 6.29 Å². The smallest absolute Gasteiger partial charge is 0.169 e. The molecule has 0 fully saturated rings. The molecule has 1 aromatic rings. The van der Waals surface area contributed by atoms with Gasteiger partial charge in [0.25, 0.3) is 0 Å². The maximum atomic E-state index is 5.27. The molecule has 1 heterocycles.